The van der Waals surface area contributed by atoms with E-state index in [9.17, 15) is 9.90 Å². The van der Waals surface area contributed by atoms with E-state index in [0.717, 1.165) is 0 Å². The van der Waals surface area contributed by atoms with Crippen LogP contribution in [-0.4, -0.2) is 36.2 Å². The first-order valence-corrected chi connectivity index (χ1v) is 8.78. The zero-order chi connectivity index (χ0) is 20.7. The summed E-state index contributed by atoms with van der Waals surface area (Å²) in [5.74, 6) is -0.606. The highest BCUT2D eigenvalue weighted by Crippen LogP contribution is 2.32. The number of rotatable bonds is 10. The summed E-state index contributed by atoms with van der Waals surface area (Å²) in [6.45, 7) is 3.59. The van der Waals surface area contributed by atoms with E-state index < -0.39 is 12.0 Å². The van der Waals surface area contributed by atoms with Gasteiger partial charge in [0.15, 0.2) is 11.5 Å². The second kappa shape index (κ2) is 11.1. The number of anilines is 1. The lowest BCUT2D eigenvalue weighted by Crippen LogP contribution is -2.34. The lowest BCUT2D eigenvalue weighted by molar-refractivity contribution is -0.307. The van der Waals surface area contributed by atoms with Crippen LogP contribution in [0.2, 0.25) is 0 Å². The molecule has 0 aliphatic heterocycles. The van der Waals surface area contributed by atoms with Gasteiger partial charge in [-0.3, -0.25) is 5.41 Å². The topological polar surface area (TPSA) is 141 Å². The van der Waals surface area contributed by atoms with Gasteiger partial charge in [0.1, 0.15) is 12.4 Å². The molecule has 0 spiro atoms. The molecule has 9 heteroatoms. The number of aliphatic hydroxyl groups excluding tert-OH is 1. The van der Waals surface area contributed by atoms with Crippen LogP contribution in [0.15, 0.2) is 42.5 Å². The molecule has 0 aromatic heterocycles. The number of carboxylic acid groups (broad SMARTS) is 1. The largest absolute Gasteiger partial charge is 0.548 e. The molecular weight excluding hydrogens is 398 g/mol. The summed E-state index contributed by atoms with van der Waals surface area (Å²) < 4.78 is 11.2. The number of carbonyl (C=O) groups excluding carboxylic acids is 1. The minimum Gasteiger partial charge on any atom is -0.548 e. The van der Waals surface area contributed by atoms with Crippen LogP contribution in [0.3, 0.4) is 0 Å². The van der Waals surface area contributed by atoms with Crippen molar-refractivity contribution in [2.45, 2.75) is 26.0 Å². The summed E-state index contributed by atoms with van der Waals surface area (Å²) in [5.41, 5.74) is 6.89. The third kappa shape index (κ3) is 6.85. The van der Waals surface area contributed by atoms with Gasteiger partial charge in [0.25, 0.3) is 0 Å². The molecule has 0 radical (unpaired) electrons. The maximum atomic E-state index is 11.7. The highest BCUT2D eigenvalue weighted by atomic mass is 35.5. The molecule has 2 aromatic rings. The van der Waals surface area contributed by atoms with Gasteiger partial charge < -0.3 is 35.5 Å². The molecular formula is C20H25ClN3O5-. The average Bonchev–Trinajstić information content (AvgIpc) is 2.65. The van der Waals surface area contributed by atoms with Crippen molar-refractivity contribution in [3.63, 3.8) is 0 Å². The highest BCUT2D eigenvalue weighted by Gasteiger charge is 2.17. The second-order valence-corrected chi connectivity index (χ2v) is 6.33. The van der Waals surface area contributed by atoms with Crippen LogP contribution < -0.4 is 25.6 Å². The molecule has 0 fully saturated rings. The lowest BCUT2D eigenvalue weighted by atomic mass is 10.1. The number of nitrogens with two attached hydrogens (primary N) is 1. The summed E-state index contributed by atoms with van der Waals surface area (Å²) >= 11 is 0. The number of ether oxygens (including phenoxy) is 2. The van der Waals surface area contributed by atoms with Crippen LogP contribution in [-0.2, 0) is 4.79 Å². The number of hydrogen-bond acceptors (Lipinski definition) is 7. The third-order valence-electron chi connectivity index (χ3n) is 3.76. The lowest BCUT2D eigenvalue weighted by Gasteiger charge is -2.23. The van der Waals surface area contributed by atoms with Crippen LogP contribution in [0.1, 0.15) is 31.0 Å². The number of aliphatic carboxylic acids is 1. The summed E-state index contributed by atoms with van der Waals surface area (Å²) in [7, 11) is 0. The number of hydrogen-bond donors (Lipinski definition) is 4. The van der Waals surface area contributed by atoms with Gasteiger partial charge in [0.05, 0.1) is 24.7 Å². The number of aliphatic hydroxyl groups is 1. The number of benzene rings is 2. The van der Waals surface area contributed by atoms with E-state index in [4.69, 9.17) is 25.7 Å². The average molecular weight is 423 g/mol. The molecule has 0 amide bonds. The molecule has 0 aliphatic rings. The smallest absolute Gasteiger partial charge is 0.161 e. The van der Waals surface area contributed by atoms with Crippen LogP contribution in [0.25, 0.3) is 0 Å². The van der Waals surface area contributed by atoms with E-state index in [0.29, 0.717) is 28.3 Å². The SMILES string of the molecule is CC(C)Oc1ccc(C(Nc2ccc(C(=N)N)cc2)C(=O)[O-])cc1OCCO.Cl. The Morgan fingerprint density at radius 2 is 1.86 bits per heavy atom. The molecule has 0 heterocycles. The molecule has 0 bridgehead atoms. The second-order valence-electron chi connectivity index (χ2n) is 6.33. The van der Waals surface area contributed by atoms with Gasteiger partial charge in [-0.25, -0.2) is 0 Å². The van der Waals surface area contributed by atoms with Gasteiger partial charge >= 0.3 is 0 Å². The van der Waals surface area contributed by atoms with Crippen LogP contribution in [0.5, 0.6) is 11.5 Å². The van der Waals surface area contributed by atoms with E-state index in [1.54, 1.807) is 42.5 Å². The predicted octanol–water partition coefficient (Wildman–Crippen LogP) is 1.45. The van der Waals surface area contributed by atoms with Crippen molar-refractivity contribution < 1.29 is 24.5 Å². The van der Waals surface area contributed by atoms with Gasteiger partial charge in [-0.2, -0.15) is 0 Å². The van der Waals surface area contributed by atoms with E-state index in [2.05, 4.69) is 5.32 Å². The molecule has 158 valence electrons. The first-order valence-electron chi connectivity index (χ1n) is 8.78. The Bertz CT molecular complexity index is 827. The molecule has 1 atom stereocenters. The van der Waals surface area contributed by atoms with Gasteiger partial charge in [-0.15, -0.1) is 12.4 Å². The summed E-state index contributed by atoms with van der Waals surface area (Å²) in [6, 6.07) is 10.1. The van der Waals surface area contributed by atoms with Crippen molar-refractivity contribution in [1.29, 1.82) is 5.41 Å². The van der Waals surface area contributed by atoms with Crippen molar-refractivity contribution in [2.75, 3.05) is 18.5 Å². The van der Waals surface area contributed by atoms with Gasteiger partial charge in [0, 0.05) is 11.3 Å². The molecule has 29 heavy (non-hydrogen) atoms. The van der Waals surface area contributed by atoms with Crippen molar-refractivity contribution >= 4 is 29.9 Å². The first kappa shape index (κ1) is 24.1. The predicted molar refractivity (Wildman–Crippen MR) is 111 cm³/mol. The first-order chi connectivity index (χ1) is 13.3. The number of amidine groups is 1. The maximum Gasteiger partial charge on any atom is 0.161 e. The summed E-state index contributed by atoms with van der Waals surface area (Å²) in [6.07, 6.45) is -0.0998. The Balaban J connectivity index is 0.00000420. The zero-order valence-corrected chi connectivity index (χ0v) is 17.0. The Morgan fingerprint density at radius 1 is 1.21 bits per heavy atom. The highest BCUT2D eigenvalue weighted by molar-refractivity contribution is 5.95. The fourth-order valence-corrected chi connectivity index (χ4v) is 2.51. The number of nitrogen functional groups attached to an aromatic ring is 1. The van der Waals surface area contributed by atoms with Gasteiger partial charge in [-0.05, 0) is 55.8 Å². The molecule has 5 N–H and O–H groups in total. The third-order valence-corrected chi connectivity index (χ3v) is 3.76. The quantitative estimate of drug-likeness (QED) is 0.335. The zero-order valence-electron chi connectivity index (χ0n) is 16.2. The van der Waals surface area contributed by atoms with Crippen LogP contribution >= 0.6 is 12.4 Å². The maximum absolute atomic E-state index is 11.7. The van der Waals surface area contributed by atoms with Crippen molar-refractivity contribution in [2.24, 2.45) is 5.73 Å². The number of carbonyl (C=O) groups is 1. The molecule has 2 aromatic carbocycles. The van der Waals surface area contributed by atoms with E-state index in [-0.39, 0.29) is 37.6 Å². The minimum atomic E-state index is -1.32. The molecule has 2 rings (SSSR count). The molecule has 0 saturated carbocycles. The Hall–Kier alpha value is -2.97. The van der Waals surface area contributed by atoms with Crippen molar-refractivity contribution in [3.05, 3.63) is 53.6 Å². The monoisotopic (exact) mass is 422 g/mol. The Morgan fingerprint density at radius 3 is 2.38 bits per heavy atom. The Labute approximate surface area is 175 Å². The van der Waals surface area contributed by atoms with Crippen molar-refractivity contribution in [1.82, 2.24) is 0 Å². The number of carboxylic acids is 1. The molecule has 0 aliphatic carbocycles. The molecule has 1 unspecified atom stereocenters. The van der Waals surface area contributed by atoms with Gasteiger partial charge in [0.2, 0.25) is 0 Å². The summed E-state index contributed by atoms with van der Waals surface area (Å²) in [5, 5.41) is 31.0. The molecule has 0 saturated heterocycles. The van der Waals surface area contributed by atoms with Crippen LogP contribution in [0.4, 0.5) is 5.69 Å². The van der Waals surface area contributed by atoms with E-state index in [1.165, 1.54) is 0 Å². The van der Waals surface area contributed by atoms with Crippen LogP contribution in [0, 0.1) is 5.41 Å². The standard InChI is InChI=1S/C20H25N3O5.ClH/c1-12(2)28-16-8-5-14(11-17(16)27-10-9-24)18(20(25)26)23-15-6-3-13(4-7-15)19(21)22;/h3-8,11-12,18,23-24H,9-10H2,1-2H3,(H3,21,22)(H,25,26);1H/p-1. The van der Waals surface area contributed by atoms with E-state index >= 15 is 0 Å². The minimum absolute atomic E-state index is 0. The van der Waals surface area contributed by atoms with E-state index in [1.807, 2.05) is 13.8 Å². The summed E-state index contributed by atoms with van der Waals surface area (Å²) in [4.78, 5) is 11.7. The molecule has 8 nitrogen and oxygen atoms in total. The number of halogens is 1. The Kier molecular flexibility index (Phi) is 9.24. The number of nitrogens with one attached hydrogen (secondary N) is 2. The fraction of sp³-hybridized carbons (Fsp3) is 0.300. The van der Waals surface area contributed by atoms with Gasteiger partial charge in [-0.1, -0.05) is 6.07 Å². The normalized spacial score (nSPS) is 11.3. The van der Waals surface area contributed by atoms with Crippen molar-refractivity contribution in [3.8, 4) is 11.5 Å². The fourth-order valence-electron chi connectivity index (χ4n) is 2.51.